The predicted octanol–water partition coefficient (Wildman–Crippen LogP) is 6.63. The van der Waals surface area contributed by atoms with E-state index in [4.69, 9.17) is 9.15 Å². The van der Waals surface area contributed by atoms with Gasteiger partial charge >= 0.3 is 0 Å². The third-order valence-electron chi connectivity index (χ3n) is 6.66. The fourth-order valence-electron chi connectivity index (χ4n) is 4.77. The molecule has 38 heavy (non-hydrogen) atoms. The molecule has 0 bridgehead atoms. The zero-order chi connectivity index (χ0) is 26.7. The molecule has 2 heterocycles. The van der Waals surface area contributed by atoms with Gasteiger partial charge in [0.15, 0.2) is 5.76 Å². The van der Waals surface area contributed by atoms with Crippen LogP contribution in [0, 0.1) is 5.41 Å². The largest absolute Gasteiger partial charge is 0.486 e. The third-order valence-corrected chi connectivity index (χ3v) is 6.66. The second-order valence-corrected chi connectivity index (χ2v) is 10.5. The van der Waals surface area contributed by atoms with Crippen LogP contribution in [-0.2, 0) is 17.8 Å². The SMILES string of the molecule is CC(C)(C)C(=O)N1CCc2ccc(OCc3ccc(C(=O)Nc4ccccc4)o3)cc2[C@@H]1c1ccccc1. The van der Waals surface area contributed by atoms with Crippen molar-refractivity contribution >= 4 is 17.5 Å². The minimum atomic E-state index is -0.484. The summed E-state index contributed by atoms with van der Waals surface area (Å²) in [5.74, 6) is 1.26. The van der Waals surface area contributed by atoms with E-state index in [0.717, 1.165) is 17.5 Å². The van der Waals surface area contributed by atoms with Crippen molar-refractivity contribution < 1.29 is 18.7 Å². The number of carbonyl (C=O) groups is 2. The monoisotopic (exact) mass is 508 g/mol. The number of nitrogens with zero attached hydrogens (tertiary/aromatic N) is 1. The fraction of sp³-hybridized carbons (Fsp3) is 0.250. The van der Waals surface area contributed by atoms with Gasteiger partial charge in [0.05, 0.1) is 6.04 Å². The Labute approximate surface area is 223 Å². The zero-order valence-electron chi connectivity index (χ0n) is 21.9. The number of carbonyl (C=O) groups excluding carboxylic acids is 2. The average molecular weight is 509 g/mol. The number of nitrogens with one attached hydrogen (secondary N) is 1. The average Bonchev–Trinajstić information content (AvgIpc) is 3.40. The molecule has 2 amide bonds. The Morgan fingerprint density at radius 3 is 2.37 bits per heavy atom. The van der Waals surface area contributed by atoms with Crippen LogP contribution in [0.2, 0.25) is 0 Å². The number of hydrogen-bond acceptors (Lipinski definition) is 4. The third kappa shape index (κ3) is 5.49. The number of amides is 2. The summed E-state index contributed by atoms with van der Waals surface area (Å²) < 4.78 is 11.8. The van der Waals surface area contributed by atoms with Crippen molar-refractivity contribution in [1.29, 1.82) is 0 Å². The molecule has 1 aliphatic heterocycles. The minimum absolute atomic E-state index is 0.125. The van der Waals surface area contributed by atoms with Crippen LogP contribution >= 0.6 is 0 Å². The first-order chi connectivity index (χ1) is 18.3. The molecule has 0 fully saturated rings. The van der Waals surface area contributed by atoms with E-state index in [-0.39, 0.29) is 30.2 Å². The lowest BCUT2D eigenvalue weighted by Crippen LogP contribution is -2.45. The first kappa shape index (κ1) is 25.3. The van der Waals surface area contributed by atoms with Crippen LogP contribution in [0.3, 0.4) is 0 Å². The van der Waals surface area contributed by atoms with Gasteiger partial charge in [0.25, 0.3) is 5.91 Å². The zero-order valence-corrected chi connectivity index (χ0v) is 21.9. The lowest BCUT2D eigenvalue weighted by molar-refractivity contribution is -0.141. The molecular formula is C32H32N2O4. The molecule has 0 saturated carbocycles. The Morgan fingerprint density at radius 2 is 1.66 bits per heavy atom. The summed E-state index contributed by atoms with van der Waals surface area (Å²) in [5, 5.41) is 2.82. The van der Waals surface area contributed by atoms with E-state index >= 15 is 0 Å². The standard InChI is InChI=1S/C32H32N2O4/c1-32(2,3)31(36)34-19-18-22-14-15-25(20-27(22)29(34)23-10-6-4-7-11-23)37-21-26-16-17-28(38-26)30(35)33-24-12-8-5-9-13-24/h4-17,20,29H,18-19,21H2,1-3H3,(H,33,35)/t29-/m0/s1. The number of rotatable bonds is 6. The first-order valence-corrected chi connectivity index (χ1v) is 12.9. The summed E-state index contributed by atoms with van der Waals surface area (Å²) in [6, 6.07) is 28.6. The Bertz CT molecular complexity index is 1420. The Kier molecular flexibility index (Phi) is 7.05. The molecule has 0 radical (unpaired) electrons. The van der Waals surface area contributed by atoms with Crippen LogP contribution in [0.1, 0.15) is 59.8 Å². The highest BCUT2D eigenvalue weighted by Crippen LogP contribution is 2.39. The molecule has 0 unspecified atom stereocenters. The summed E-state index contributed by atoms with van der Waals surface area (Å²) in [6.45, 7) is 6.74. The summed E-state index contributed by atoms with van der Waals surface area (Å²) in [7, 11) is 0. The molecular weight excluding hydrogens is 476 g/mol. The van der Waals surface area contributed by atoms with Crippen molar-refractivity contribution in [3.63, 3.8) is 0 Å². The maximum Gasteiger partial charge on any atom is 0.291 e. The van der Waals surface area contributed by atoms with Gasteiger partial charge in [-0.2, -0.15) is 0 Å². The second-order valence-electron chi connectivity index (χ2n) is 10.5. The smallest absolute Gasteiger partial charge is 0.291 e. The van der Waals surface area contributed by atoms with E-state index in [1.165, 1.54) is 5.56 Å². The summed E-state index contributed by atoms with van der Waals surface area (Å²) in [5.41, 5.74) is 3.57. The molecule has 1 atom stereocenters. The number of fused-ring (bicyclic) bond motifs is 1. The lowest BCUT2D eigenvalue weighted by Gasteiger charge is -2.41. The van der Waals surface area contributed by atoms with Gasteiger partial charge in [-0.25, -0.2) is 0 Å². The van der Waals surface area contributed by atoms with E-state index in [1.54, 1.807) is 12.1 Å². The highest BCUT2D eigenvalue weighted by atomic mass is 16.5. The van der Waals surface area contributed by atoms with Gasteiger partial charge in [-0.3, -0.25) is 9.59 Å². The summed E-state index contributed by atoms with van der Waals surface area (Å²) in [4.78, 5) is 27.9. The van der Waals surface area contributed by atoms with Crippen molar-refractivity contribution in [2.75, 3.05) is 11.9 Å². The molecule has 4 aromatic rings. The Morgan fingerprint density at radius 1 is 0.947 bits per heavy atom. The molecule has 194 valence electrons. The van der Waals surface area contributed by atoms with Crippen LogP contribution in [0.25, 0.3) is 0 Å². The highest BCUT2D eigenvalue weighted by Gasteiger charge is 2.37. The van der Waals surface area contributed by atoms with Crippen LogP contribution in [0.5, 0.6) is 5.75 Å². The van der Waals surface area contributed by atoms with E-state index in [9.17, 15) is 9.59 Å². The summed E-state index contributed by atoms with van der Waals surface area (Å²) >= 11 is 0. The lowest BCUT2D eigenvalue weighted by atomic mass is 9.85. The minimum Gasteiger partial charge on any atom is -0.486 e. The summed E-state index contributed by atoms with van der Waals surface area (Å²) in [6.07, 6.45) is 0.791. The van der Waals surface area contributed by atoms with Gasteiger partial charge in [0.2, 0.25) is 5.91 Å². The molecule has 0 spiro atoms. The van der Waals surface area contributed by atoms with Crippen molar-refractivity contribution in [3.8, 4) is 5.75 Å². The number of hydrogen-bond donors (Lipinski definition) is 1. The molecule has 0 aliphatic carbocycles. The molecule has 6 nitrogen and oxygen atoms in total. The first-order valence-electron chi connectivity index (χ1n) is 12.9. The van der Waals surface area contributed by atoms with Crippen molar-refractivity contribution in [3.05, 3.63) is 119 Å². The number of benzene rings is 3. The predicted molar refractivity (Wildman–Crippen MR) is 147 cm³/mol. The van der Waals surface area contributed by atoms with E-state index in [0.29, 0.717) is 23.7 Å². The quantitative estimate of drug-likeness (QED) is 0.317. The molecule has 1 N–H and O–H groups in total. The molecule has 5 rings (SSSR count). The maximum absolute atomic E-state index is 13.4. The van der Waals surface area contributed by atoms with Gasteiger partial charge in [0, 0.05) is 17.6 Å². The van der Waals surface area contributed by atoms with Crippen molar-refractivity contribution in [1.82, 2.24) is 4.90 Å². The Balaban J connectivity index is 1.35. The van der Waals surface area contributed by atoms with E-state index in [1.807, 2.05) is 86.3 Å². The van der Waals surface area contributed by atoms with Gasteiger partial charge in [-0.1, -0.05) is 75.4 Å². The number of para-hydroxylation sites is 1. The normalized spacial score (nSPS) is 15.0. The van der Waals surface area contributed by atoms with E-state index < -0.39 is 5.41 Å². The highest BCUT2D eigenvalue weighted by molar-refractivity contribution is 6.02. The van der Waals surface area contributed by atoms with Gasteiger partial charge < -0.3 is 19.4 Å². The molecule has 3 aromatic carbocycles. The molecule has 0 saturated heterocycles. The topological polar surface area (TPSA) is 71.8 Å². The van der Waals surface area contributed by atoms with Gasteiger partial charge in [-0.15, -0.1) is 0 Å². The number of ether oxygens (including phenoxy) is 1. The molecule has 1 aliphatic rings. The van der Waals surface area contributed by atoms with Crippen LogP contribution < -0.4 is 10.1 Å². The van der Waals surface area contributed by atoms with Crippen LogP contribution in [0.4, 0.5) is 5.69 Å². The van der Waals surface area contributed by atoms with Gasteiger partial charge in [0.1, 0.15) is 18.1 Å². The van der Waals surface area contributed by atoms with Crippen molar-refractivity contribution in [2.24, 2.45) is 5.41 Å². The van der Waals surface area contributed by atoms with Gasteiger partial charge in [-0.05, 0) is 59.5 Å². The Hall–Kier alpha value is -4.32. The van der Waals surface area contributed by atoms with Crippen molar-refractivity contribution in [2.45, 2.75) is 39.8 Å². The molecule has 1 aromatic heterocycles. The molecule has 6 heteroatoms. The maximum atomic E-state index is 13.4. The van der Waals surface area contributed by atoms with Crippen LogP contribution in [0.15, 0.2) is 95.4 Å². The number of anilines is 1. The fourth-order valence-corrected chi connectivity index (χ4v) is 4.77. The van der Waals surface area contributed by atoms with Crippen LogP contribution in [-0.4, -0.2) is 23.3 Å². The van der Waals surface area contributed by atoms with E-state index in [2.05, 4.69) is 23.5 Å². The number of furan rings is 1. The second kappa shape index (κ2) is 10.6.